The number of aromatic amines is 1. The van der Waals surface area contributed by atoms with E-state index in [0.29, 0.717) is 18.5 Å². The van der Waals surface area contributed by atoms with Crippen molar-refractivity contribution < 1.29 is 4.79 Å². The Morgan fingerprint density at radius 1 is 1.59 bits per heavy atom. The number of nitrogens with zero attached hydrogens (tertiary/aromatic N) is 4. The van der Waals surface area contributed by atoms with Gasteiger partial charge in [-0.05, 0) is 6.92 Å². The Morgan fingerprint density at radius 3 is 3.00 bits per heavy atom. The van der Waals surface area contributed by atoms with Gasteiger partial charge in [0.15, 0.2) is 5.82 Å². The van der Waals surface area contributed by atoms with E-state index in [-0.39, 0.29) is 5.91 Å². The zero-order chi connectivity index (χ0) is 12.3. The van der Waals surface area contributed by atoms with Crippen molar-refractivity contribution >= 4 is 5.91 Å². The van der Waals surface area contributed by atoms with Gasteiger partial charge >= 0.3 is 0 Å². The Morgan fingerprint density at radius 2 is 2.41 bits per heavy atom. The van der Waals surface area contributed by atoms with Crippen LogP contribution in [0.4, 0.5) is 0 Å². The van der Waals surface area contributed by atoms with Gasteiger partial charge in [-0.2, -0.15) is 10.2 Å². The quantitative estimate of drug-likeness (QED) is 0.768. The lowest BCUT2D eigenvalue weighted by molar-refractivity contribution is 0.0953. The van der Waals surface area contributed by atoms with Gasteiger partial charge in [-0.1, -0.05) is 0 Å². The second-order valence-corrected chi connectivity index (χ2v) is 3.75. The van der Waals surface area contributed by atoms with Crippen LogP contribution >= 0.6 is 0 Å². The lowest BCUT2D eigenvalue weighted by Gasteiger charge is -2.01. The first-order valence-electron chi connectivity index (χ1n) is 5.29. The lowest BCUT2D eigenvalue weighted by Crippen LogP contribution is -2.26. The van der Waals surface area contributed by atoms with Crippen LogP contribution in [0.2, 0.25) is 0 Å². The molecule has 0 fully saturated rings. The van der Waals surface area contributed by atoms with Crippen LogP contribution in [-0.2, 0) is 13.5 Å². The fourth-order valence-electron chi connectivity index (χ4n) is 1.46. The molecule has 0 aliphatic carbocycles. The minimum absolute atomic E-state index is 0.132. The average molecular weight is 234 g/mol. The maximum absolute atomic E-state index is 11.7. The Kier molecular flexibility index (Phi) is 3.17. The highest BCUT2D eigenvalue weighted by Gasteiger charge is 2.10. The Labute approximate surface area is 98.2 Å². The van der Waals surface area contributed by atoms with E-state index in [1.165, 1.54) is 6.20 Å². The summed E-state index contributed by atoms with van der Waals surface area (Å²) in [5.74, 6) is 0.587. The third kappa shape index (κ3) is 2.68. The summed E-state index contributed by atoms with van der Waals surface area (Å²) in [7, 11) is 1.81. The number of amides is 1. The molecule has 0 unspecified atom stereocenters. The molecule has 2 aromatic rings. The zero-order valence-electron chi connectivity index (χ0n) is 9.77. The highest BCUT2D eigenvalue weighted by molar-refractivity contribution is 5.94. The summed E-state index contributed by atoms with van der Waals surface area (Å²) >= 11 is 0. The third-order valence-electron chi connectivity index (χ3n) is 2.36. The van der Waals surface area contributed by atoms with Crippen molar-refractivity contribution in [2.45, 2.75) is 13.3 Å². The monoisotopic (exact) mass is 234 g/mol. The summed E-state index contributed by atoms with van der Waals surface area (Å²) in [5.41, 5.74) is 1.33. The number of aromatic nitrogens is 5. The third-order valence-corrected chi connectivity index (χ3v) is 2.36. The molecule has 0 saturated carbocycles. The van der Waals surface area contributed by atoms with Crippen LogP contribution in [0.1, 0.15) is 21.9 Å². The Hall–Kier alpha value is -2.18. The van der Waals surface area contributed by atoms with Gasteiger partial charge in [0.1, 0.15) is 6.33 Å². The Balaban J connectivity index is 1.83. The van der Waals surface area contributed by atoms with Gasteiger partial charge in [0, 0.05) is 25.7 Å². The molecule has 7 heteroatoms. The molecule has 2 N–H and O–H groups in total. The first-order chi connectivity index (χ1) is 8.16. The van der Waals surface area contributed by atoms with E-state index in [1.54, 1.807) is 11.0 Å². The maximum Gasteiger partial charge on any atom is 0.254 e. The molecule has 0 aliphatic heterocycles. The van der Waals surface area contributed by atoms with Crippen molar-refractivity contribution in [3.8, 4) is 0 Å². The van der Waals surface area contributed by atoms with Crippen LogP contribution < -0.4 is 5.32 Å². The summed E-state index contributed by atoms with van der Waals surface area (Å²) in [6.07, 6.45) is 3.77. The van der Waals surface area contributed by atoms with Crippen molar-refractivity contribution in [3.63, 3.8) is 0 Å². The summed E-state index contributed by atoms with van der Waals surface area (Å²) in [6.45, 7) is 2.32. The fraction of sp³-hybridized carbons (Fsp3) is 0.400. The molecule has 0 bridgehead atoms. The normalized spacial score (nSPS) is 10.5. The lowest BCUT2D eigenvalue weighted by atomic mass is 10.2. The van der Waals surface area contributed by atoms with E-state index in [2.05, 4.69) is 25.6 Å². The molecule has 7 nitrogen and oxygen atoms in total. The molecule has 2 heterocycles. The summed E-state index contributed by atoms with van der Waals surface area (Å²) in [5, 5.41) is 13.4. The molecule has 2 rings (SSSR count). The van der Waals surface area contributed by atoms with Crippen molar-refractivity contribution in [2.75, 3.05) is 6.54 Å². The van der Waals surface area contributed by atoms with E-state index in [1.807, 2.05) is 14.0 Å². The van der Waals surface area contributed by atoms with Gasteiger partial charge < -0.3 is 5.32 Å². The Bertz CT molecular complexity index is 514. The highest BCUT2D eigenvalue weighted by atomic mass is 16.1. The number of hydrogen-bond donors (Lipinski definition) is 2. The summed E-state index contributed by atoms with van der Waals surface area (Å²) in [6, 6.07) is 0. The molecular formula is C10H14N6O. The smallest absolute Gasteiger partial charge is 0.254 e. The maximum atomic E-state index is 11.7. The number of nitrogens with one attached hydrogen (secondary N) is 2. The molecule has 0 aliphatic rings. The number of rotatable bonds is 4. The number of carbonyl (C=O) groups is 1. The largest absolute Gasteiger partial charge is 0.351 e. The van der Waals surface area contributed by atoms with Gasteiger partial charge in [0.05, 0.1) is 11.8 Å². The van der Waals surface area contributed by atoms with Crippen LogP contribution in [-0.4, -0.2) is 37.4 Å². The van der Waals surface area contributed by atoms with Gasteiger partial charge in [0.2, 0.25) is 0 Å². The van der Waals surface area contributed by atoms with E-state index >= 15 is 0 Å². The first kappa shape index (κ1) is 11.3. The van der Waals surface area contributed by atoms with Crippen molar-refractivity contribution in [3.05, 3.63) is 29.6 Å². The fourth-order valence-corrected chi connectivity index (χ4v) is 1.46. The molecule has 2 aromatic heterocycles. The van der Waals surface area contributed by atoms with Crippen molar-refractivity contribution in [1.29, 1.82) is 0 Å². The number of hydrogen-bond acceptors (Lipinski definition) is 4. The highest BCUT2D eigenvalue weighted by Crippen LogP contribution is 2.01. The van der Waals surface area contributed by atoms with Gasteiger partial charge in [0.25, 0.3) is 5.91 Å². The van der Waals surface area contributed by atoms with Crippen LogP contribution in [0.25, 0.3) is 0 Å². The van der Waals surface area contributed by atoms with Crippen molar-refractivity contribution in [2.24, 2.45) is 7.05 Å². The predicted molar refractivity (Wildman–Crippen MR) is 60.4 cm³/mol. The molecular weight excluding hydrogens is 220 g/mol. The second-order valence-electron chi connectivity index (χ2n) is 3.75. The van der Waals surface area contributed by atoms with Crippen molar-refractivity contribution in [1.82, 2.24) is 30.3 Å². The SMILES string of the molecule is Cc1[nH]ncc1C(=O)NCCc1ncn(C)n1. The molecule has 1 amide bonds. The molecule has 0 atom stereocenters. The molecule has 0 radical (unpaired) electrons. The predicted octanol–water partition coefficient (Wildman–Crippen LogP) is -0.181. The van der Waals surface area contributed by atoms with Gasteiger partial charge in [-0.15, -0.1) is 0 Å². The molecule has 90 valence electrons. The van der Waals surface area contributed by atoms with E-state index in [4.69, 9.17) is 0 Å². The zero-order valence-corrected chi connectivity index (χ0v) is 9.77. The van der Waals surface area contributed by atoms with Crippen LogP contribution in [0, 0.1) is 6.92 Å². The first-order valence-corrected chi connectivity index (χ1v) is 5.29. The summed E-state index contributed by atoms with van der Waals surface area (Å²) in [4.78, 5) is 15.8. The van der Waals surface area contributed by atoms with Crippen LogP contribution in [0.15, 0.2) is 12.5 Å². The second kappa shape index (κ2) is 4.77. The number of H-pyrrole nitrogens is 1. The summed E-state index contributed by atoms with van der Waals surface area (Å²) < 4.78 is 1.64. The molecule has 0 saturated heterocycles. The van der Waals surface area contributed by atoms with Gasteiger partial charge in [-0.25, -0.2) is 4.98 Å². The average Bonchev–Trinajstić information content (AvgIpc) is 2.87. The molecule has 0 aromatic carbocycles. The van der Waals surface area contributed by atoms with Gasteiger partial charge in [-0.3, -0.25) is 14.6 Å². The van der Waals surface area contributed by atoms with E-state index in [9.17, 15) is 4.79 Å². The minimum Gasteiger partial charge on any atom is -0.351 e. The standard InChI is InChI=1S/C10H14N6O/c1-7-8(5-13-14-7)10(17)11-4-3-9-12-6-16(2)15-9/h5-6H,3-4H2,1-2H3,(H,11,17)(H,13,14). The number of carbonyl (C=O) groups excluding carboxylic acids is 1. The number of aryl methyl sites for hydroxylation is 2. The minimum atomic E-state index is -0.132. The topological polar surface area (TPSA) is 88.5 Å². The van der Waals surface area contributed by atoms with Crippen LogP contribution in [0.5, 0.6) is 0 Å². The molecule has 0 spiro atoms. The molecule has 17 heavy (non-hydrogen) atoms. The van der Waals surface area contributed by atoms with E-state index in [0.717, 1.165) is 11.5 Å². The van der Waals surface area contributed by atoms with Crippen LogP contribution in [0.3, 0.4) is 0 Å². The van der Waals surface area contributed by atoms with E-state index < -0.39 is 0 Å².